The zero-order valence-corrected chi connectivity index (χ0v) is 18.8. The van der Waals surface area contributed by atoms with Gasteiger partial charge in [-0.1, -0.05) is 0 Å². The van der Waals surface area contributed by atoms with Crippen LogP contribution >= 0.6 is 0 Å². The third-order valence-corrected chi connectivity index (χ3v) is 6.36. The maximum Gasteiger partial charge on any atom is 0.320 e. The maximum absolute atomic E-state index is 14.9. The fourth-order valence-corrected chi connectivity index (χ4v) is 4.60. The summed E-state index contributed by atoms with van der Waals surface area (Å²) in [5.41, 5.74) is 3.34. The summed E-state index contributed by atoms with van der Waals surface area (Å²) < 4.78 is 20.2. The monoisotopic (exact) mass is 442 g/mol. The van der Waals surface area contributed by atoms with Crippen LogP contribution in [-0.4, -0.2) is 78.8 Å². The zero-order valence-electron chi connectivity index (χ0n) is 18.8. The SMILES string of the molecule is COc1nc(Nc2cc(C3CCN(C)CC3F)c(C)cc2C=N)cc(N2CC[C@@H](O)C2)n1. The number of hydrogen-bond acceptors (Lipinski definition) is 8. The van der Waals surface area contributed by atoms with Crippen LogP contribution in [0.1, 0.15) is 35.4 Å². The van der Waals surface area contributed by atoms with E-state index in [1.807, 2.05) is 35.9 Å². The van der Waals surface area contributed by atoms with E-state index in [4.69, 9.17) is 10.1 Å². The van der Waals surface area contributed by atoms with Crippen molar-refractivity contribution in [2.24, 2.45) is 0 Å². The lowest BCUT2D eigenvalue weighted by atomic mass is 9.84. The van der Waals surface area contributed by atoms with Gasteiger partial charge in [-0.25, -0.2) is 4.39 Å². The number of alkyl halides is 1. The Hall–Kier alpha value is -2.78. The van der Waals surface area contributed by atoms with Crippen LogP contribution in [0.5, 0.6) is 6.01 Å². The first-order valence-corrected chi connectivity index (χ1v) is 11.0. The summed E-state index contributed by atoms with van der Waals surface area (Å²) in [5.74, 6) is 1.01. The van der Waals surface area contributed by atoms with Gasteiger partial charge in [0.05, 0.1) is 13.2 Å². The molecule has 2 aliphatic heterocycles. The summed E-state index contributed by atoms with van der Waals surface area (Å²) in [6.45, 7) is 4.46. The van der Waals surface area contributed by atoms with Gasteiger partial charge >= 0.3 is 6.01 Å². The number of β-amino-alcohol motifs (C(OH)–C–C–N with tert-alkyl or cyclic N) is 1. The number of benzene rings is 1. The van der Waals surface area contributed by atoms with Crippen molar-refractivity contribution < 1.29 is 14.2 Å². The van der Waals surface area contributed by atoms with Crippen LogP contribution in [0.25, 0.3) is 0 Å². The minimum absolute atomic E-state index is 0.173. The van der Waals surface area contributed by atoms with Gasteiger partial charge in [-0.3, -0.25) is 0 Å². The third kappa shape index (κ3) is 4.68. The second-order valence-corrected chi connectivity index (χ2v) is 8.73. The first kappa shape index (κ1) is 22.4. The third-order valence-electron chi connectivity index (χ3n) is 6.36. The number of halogens is 1. The fraction of sp³-hybridized carbons (Fsp3) is 0.522. The number of aromatic nitrogens is 2. The largest absolute Gasteiger partial charge is 0.467 e. The Morgan fingerprint density at radius 3 is 2.69 bits per heavy atom. The Morgan fingerprint density at radius 1 is 1.22 bits per heavy atom. The number of ether oxygens (including phenoxy) is 1. The van der Waals surface area contributed by atoms with Gasteiger partial charge in [0.2, 0.25) is 0 Å². The number of aliphatic hydroxyl groups excluding tert-OH is 1. The molecule has 2 aromatic rings. The van der Waals surface area contributed by atoms with E-state index in [2.05, 4.69) is 15.3 Å². The normalized spacial score (nSPS) is 23.9. The highest BCUT2D eigenvalue weighted by molar-refractivity contribution is 5.88. The molecule has 3 atom stereocenters. The van der Waals surface area contributed by atoms with E-state index in [1.54, 1.807) is 6.07 Å². The summed E-state index contributed by atoms with van der Waals surface area (Å²) in [4.78, 5) is 12.8. The van der Waals surface area contributed by atoms with Crippen molar-refractivity contribution >= 4 is 23.5 Å². The molecule has 8 nitrogen and oxygen atoms in total. The van der Waals surface area contributed by atoms with Gasteiger partial charge in [0.15, 0.2) is 0 Å². The van der Waals surface area contributed by atoms with E-state index in [9.17, 15) is 9.50 Å². The minimum atomic E-state index is -0.932. The molecule has 0 saturated carbocycles. The standard InChI is InChI=1S/C23H31FN6O2/c1-14-8-15(11-25)20(9-18(14)17-5-6-29(2)13-19(17)24)26-21-10-22(28-23(27-21)32-3)30-7-4-16(31)12-30/h8-11,16-17,19,25,31H,4-7,12-13H2,1-3H3,(H,26,27,28)/t16-,17?,19?/m1/s1. The number of nitrogens with zero attached hydrogens (tertiary/aromatic N) is 4. The molecule has 0 bridgehead atoms. The number of rotatable bonds is 6. The van der Waals surface area contributed by atoms with Crippen molar-refractivity contribution in [1.82, 2.24) is 14.9 Å². The Morgan fingerprint density at radius 2 is 2.03 bits per heavy atom. The Balaban J connectivity index is 1.67. The van der Waals surface area contributed by atoms with Gasteiger partial charge in [-0.2, -0.15) is 9.97 Å². The molecular weight excluding hydrogens is 411 g/mol. The zero-order chi connectivity index (χ0) is 22.8. The summed E-state index contributed by atoms with van der Waals surface area (Å²) in [6.07, 6.45) is 1.43. The number of aryl methyl sites for hydroxylation is 1. The smallest absolute Gasteiger partial charge is 0.320 e. The van der Waals surface area contributed by atoms with Crippen molar-refractivity contribution in [3.8, 4) is 6.01 Å². The Bertz CT molecular complexity index is 987. The van der Waals surface area contributed by atoms with E-state index >= 15 is 0 Å². The minimum Gasteiger partial charge on any atom is -0.467 e. The Kier molecular flexibility index (Phi) is 6.57. The second kappa shape index (κ2) is 9.38. The summed E-state index contributed by atoms with van der Waals surface area (Å²) in [7, 11) is 3.45. The van der Waals surface area contributed by atoms with Gasteiger partial charge in [0.1, 0.15) is 17.8 Å². The number of aliphatic hydroxyl groups is 1. The number of anilines is 3. The highest BCUT2D eigenvalue weighted by atomic mass is 19.1. The van der Waals surface area contributed by atoms with Crippen LogP contribution in [-0.2, 0) is 0 Å². The van der Waals surface area contributed by atoms with Crippen molar-refractivity contribution in [3.05, 3.63) is 34.9 Å². The predicted molar refractivity (Wildman–Crippen MR) is 124 cm³/mol. The first-order valence-electron chi connectivity index (χ1n) is 11.0. The molecule has 3 N–H and O–H groups in total. The molecule has 2 saturated heterocycles. The molecule has 9 heteroatoms. The van der Waals surface area contributed by atoms with E-state index in [1.165, 1.54) is 13.3 Å². The molecule has 1 aromatic heterocycles. The lowest BCUT2D eigenvalue weighted by molar-refractivity contribution is 0.139. The van der Waals surface area contributed by atoms with Crippen LogP contribution in [0.2, 0.25) is 0 Å². The lowest BCUT2D eigenvalue weighted by Crippen LogP contribution is -2.38. The molecule has 1 aromatic carbocycles. The van der Waals surface area contributed by atoms with Crippen molar-refractivity contribution in [2.75, 3.05) is 50.6 Å². The summed E-state index contributed by atoms with van der Waals surface area (Å²) >= 11 is 0. The number of hydrogen-bond donors (Lipinski definition) is 3. The van der Waals surface area contributed by atoms with Gasteiger partial charge in [-0.15, -0.1) is 0 Å². The van der Waals surface area contributed by atoms with Crippen molar-refractivity contribution in [2.45, 2.75) is 38.0 Å². The molecule has 0 radical (unpaired) electrons. The number of likely N-dealkylation sites (tertiary alicyclic amines) is 1. The topological polar surface area (TPSA) is 97.6 Å². The number of methoxy groups -OCH3 is 1. The predicted octanol–water partition coefficient (Wildman–Crippen LogP) is 2.86. The van der Waals surface area contributed by atoms with Crippen LogP contribution in [0.4, 0.5) is 21.7 Å². The van der Waals surface area contributed by atoms with Gasteiger partial charge in [0.25, 0.3) is 0 Å². The number of piperidine rings is 1. The molecule has 3 heterocycles. The molecular formula is C23H31FN6O2. The highest BCUT2D eigenvalue weighted by Crippen LogP contribution is 2.36. The average Bonchev–Trinajstić information content (AvgIpc) is 3.21. The molecule has 0 aliphatic carbocycles. The average molecular weight is 443 g/mol. The van der Waals surface area contributed by atoms with E-state index in [0.29, 0.717) is 48.9 Å². The molecule has 2 fully saturated rings. The molecule has 2 aliphatic rings. The first-order chi connectivity index (χ1) is 15.4. The lowest BCUT2D eigenvalue weighted by Gasteiger charge is -2.33. The fourth-order valence-electron chi connectivity index (χ4n) is 4.60. The van der Waals surface area contributed by atoms with Crippen molar-refractivity contribution in [1.29, 1.82) is 5.41 Å². The Labute approximate surface area is 187 Å². The summed E-state index contributed by atoms with van der Waals surface area (Å²) in [6, 6.07) is 5.90. The summed E-state index contributed by atoms with van der Waals surface area (Å²) in [5, 5.41) is 21.1. The second-order valence-electron chi connectivity index (χ2n) is 8.73. The van der Waals surface area contributed by atoms with Crippen LogP contribution in [0.3, 0.4) is 0 Å². The van der Waals surface area contributed by atoms with Gasteiger partial charge < -0.3 is 30.4 Å². The maximum atomic E-state index is 14.9. The molecule has 4 rings (SSSR count). The molecule has 0 spiro atoms. The quantitative estimate of drug-likeness (QED) is 0.592. The van der Waals surface area contributed by atoms with Crippen molar-refractivity contribution in [3.63, 3.8) is 0 Å². The van der Waals surface area contributed by atoms with E-state index in [-0.39, 0.29) is 18.0 Å². The molecule has 2 unspecified atom stereocenters. The van der Waals surface area contributed by atoms with Crippen LogP contribution < -0.4 is 15.0 Å². The van der Waals surface area contributed by atoms with E-state index < -0.39 is 6.17 Å². The van der Waals surface area contributed by atoms with Crippen LogP contribution in [0, 0.1) is 12.3 Å². The van der Waals surface area contributed by atoms with Gasteiger partial charge in [-0.05, 0) is 56.6 Å². The van der Waals surface area contributed by atoms with Gasteiger partial charge in [0, 0.05) is 49.1 Å². The van der Waals surface area contributed by atoms with E-state index in [0.717, 1.165) is 24.1 Å². The molecule has 32 heavy (non-hydrogen) atoms. The molecule has 0 amide bonds. The molecule has 172 valence electrons. The highest BCUT2D eigenvalue weighted by Gasteiger charge is 2.30. The number of nitrogens with one attached hydrogen (secondary N) is 2. The van der Waals surface area contributed by atoms with Crippen LogP contribution in [0.15, 0.2) is 18.2 Å².